The number of Topliss-reactive ketones (excluding diaryl/α,β-unsaturated/α-hetero) is 1. The number of fused-ring (bicyclic) bond motifs is 1. The minimum absolute atomic E-state index is 0.0239. The van der Waals surface area contributed by atoms with Crippen LogP contribution in [0.5, 0.6) is 11.5 Å². The first-order valence-electron chi connectivity index (χ1n) is 7.68. The Morgan fingerprint density at radius 3 is 2.43 bits per heavy atom. The lowest BCUT2D eigenvalue weighted by atomic mass is 9.88. The van der Waals surface area contributed by atoms with Crippen molar-refractivity contribution < 1.29 is 18.7 Å². The molecule has 1 aliphatic carbocycles. The van der Waals surface area contributed by atoms with Crippen LogP contribution in [0.15, 0.2) is 36.4 Å². The third kappa shape index (κ3) is 2.93. The number of ether oxygens (including phenoxy) is 2. The van der Waals surface area contributed by atoms with Crippen molar-refractivity contribution in [2.24, 2.45) is 0 Å². The Morgan fingerprint density at radius 2 is 1.74 bits per heavy atom. The lowest BCUT2D eigenvalue weighted by molar-refractivity contribution is 0.0955. The zero-order valence-corrected chi connectivity index (χ0v) is 13.3. The third-order valence-corrected chi connectivity index (χ3v) is 4.42. The average molecular weight is 314 g/mol. The maximum Gasteiger partial charge on any atom is 0.170 e. The van der Waals surface area contributed by atoms with Crippen molar-refractivity contribution in [2.45, 2.75) is 25.2 Å². The molecule has 3 nitrogen and oxygen atoms in total. The van der Waals surface area contributed by atoms with Crippen molar-refractivity contribution in [3.8, 4) is 11.5 Å². The molecule has 0 amide bonds. The van der Waals surface area contributed by atoms with Gasteiger partial charge in [-0.25, -0.2) is 4.39 Å². The number of halogens is 1. The Labute approximate surface area is 135 Å². The summed E-state index contributed by atoms with van der Waals surface area (Å²) in [6, 6.07) is 10.2. The van der Waals surface area contributed by atoms with Crippen molar-refractivity contribution in [1.82, 2.24) is 0 Å². The zero-order valence-electron chi connectivity index (χ0n) is 13.3. The number of methoxy groups -OCH3 is 2. The Hall–Kier alpha value is -2.36. The first kappa shape index (κ1) is 15.5. The van der Waals surface area contributed by atoms with E-state index in [1.807, 2.05) is 6.07 Å². The van der Waals surface area contributed by atoms with E-state index in [0.717, 1.165) is 24.2 Å². The van der Waals surface area contributed by atoms with E-state index in [1.54, 1.807) is 31.4 Å². The van der Waals surface area contributed by atoms with Gasteiger partial charge in [-0.3, -0.25) is 4.79 Å². The van der Waals surface area contributed by atoms with Crippen LogP contribution in [0.1, 0.15) is 40.2 Å². The molecule has 120 valence electrons. The molecular weight excluding hydrogens is 295 g/mol. The standard InChI is InChI=1S/C19H19FO3/c1-22-13-6-8-15-12(10-13)4-3-5-17(19(15)21)16-9-7-14(23-2)11-18(16)20/h6-11,17H,3-5H2,1-2H3. The molecule has 0 aromatic heterocycles. The van der Waals surface area contributed by atoms with E-state index in [-0.39, 0.29) is 11.6 Å². The Morgan fingerprint density at radius 1 is 1.04 bits per heavy atom. The monoisotopic (exact) mass is 314 g/mol. The summed E-state index contributed by atoms with van der Waals surface area (Å²) in [6.07, 6.45) is 2.27. The highest BCUT2D eigenvalue weighted by atomic mass is 19.1. The molecule has 0 saturated carbocycles. The minimum atomic E-state index is -0.449. The molecular formula is C19H19FO3. The van der Waals surface area contributed by atoms with Gasteiger partial charge in [-0.15, -0.1) is 0 Å². The second kappa shape index (κ2) is 6.41. The highest BCUT2D eigenvalue weighted by Crippen LogP contribution is 2.35. The summed E-state index contributed by atoms with van der Waals surface area (Å²) in [5.41, 5.74) is 2.09. The van der Waals surface area contributed by atoms with Crippen LogP contribution in [0, 0.1) is 5.82 Å². The summed E-state index contributed by atoms with van der Waals surface area (Å²) in [7, 11) is 3.10. The lowest BCUT2D eigenvalue weighted by Gasteiger charge is -2.16. The molecule has 2 aromatic carbocycles. The molecule has 23 heavy (non-hydrogen) atoms. The molecule has 1 atom stereocenters. The SMILES string of the molecule is COc1ccc(C2CCCc3cc(OC)ccc3C2=O)c(F)c1. The smallest absolute Gasteiger partial charge is 0.170 e. The van der Waals surface area contributed by atoms with E-state index in [0.29, 0.717) is 23.3 Å². The van der Waals surface area contributed by atoms with Crippen molar-refractivity contribution in [3.05, 3.63) is 58.9 Å². The van der Waals surface area contributed by atoms with Crippen LogP contribution in [-0.2, 0) is 6.42 Å². The molecule has 4 heteroatoms. The molecule has 0 heterocycles. The van der Waals surface area contributed by atoms with Crippen LogP contribution in [0.4, 0.5) is 4.39 Å². The number of rotatable bonds is 3. The number of benzene rings is 2. The fourth-order valence-corrected chi connectivity index (χ4v) is 3.17. The van der Waals surface area contributed by atoms with Crippen LogP contribution in [0.3, 0.4) is 0 Å². The third-order valence-electron chi connectivity index (χ3n) is 4.42. The van der Waals surface area contributed by atoms with E-state index < -0.39 is 5.92 Å². The summed E-state index contributed by atoms with van der Waals surface area (Å²) >= 11 is 0. The summed E-state index contributed by atoms with van der Waals surface area (Å²) in [6.45, 7) is 0. The number of aryl methyl sites for hydroxylation is 1. The van der Waals surface area contributed by atoms with Crippen LogP contribution in [0.2, 0.25) is 0 Å². The second-order valence-electron chi connectivity index (χ2n) is 5.72. The number of ketones is 1. The van der Waals surface area contributed by atoms with Gasteiger partial charge in [0.15, 0.2) is 5.78 Å². The van der Waals surface area contributed by atoms with Crippen LogP contribution >= 0.6 is 0 Å². The van der Waals surface area contributed by atoms with Crippen LogP contribution in [-0.4, -0.2) is 20.0 Å². The highest BCUT2D eigenvalue weighted by Gasteiger charge is 2.29. The largest absolute Gasteiger partial charge is 0.497 e. The van der Waals surface area contributed by atoms with Crippen molar-refractivity contribution in [3.63, 3.8) is 0 Å². The van der Waals surface area contributed by atoms with Gasteiger partial charge in [-0.2, -0.15) is 0 Å². The van der Waals surface area contributed by atoms with E-state index in [9.17, 15) is 9.18 Å². The molecule has 0 aliphatic heterocycles. The fourth-order valence-electron chi connectivity index (χ4n) is 3.17. The molecule has 2 aromatic rings. The first-order chi connectivity index (χ1) is 11.1. The molecule has 0 saturated heterocycles. The first-order valence-corrected chi connectivity index (χ1v) is 7.68. The van der Waals surface area contributed by atoms with Gasteiger partial charge in [0.05, 0.1) is 20.1 Å². The average Bonchev–Trinajstić information content (AvgIpc) is 2.73. The molecule has 3 rings (SSSR count). The molecule has 0 fully saturated rings. The Balaban J connectivity index is 1.99. The number of hydrogen-bond acceptors (Lipinski definition) is 3. The quantitative estimate of drug-likeness (QED) is 0.799. The molecule has 0 spiro atoms. The molecule has 0 bridgehead atoms. The molecule has 1 aliphatic rings. The Bertz CT molecular complexity index is 739. The normalized spacial score (nSPS) is 17.3. The van der Waals surface area contributed by atoms with Crippen molar-refractivity contribution in [2.75, 3.05) is 14.2 Å². The van der Waals surface area contributed by atoms with E-state index in [2.05, 4.69) is 0 Å². The van der Waals surface area contributed by atoms with Gasteiger partial charge in [0.2, 0.25) is 0 Å². The fraction of sp³-hybridized carbons (Fsp3) is 0.316. The molecule has 1 unspecified atom stereocenters. The van der Waals surface area contributed by atoms with Gasteiger partial charge in [-0.1, -0.05) is 6.07 Å². The predicted molar refractivity (Wildman–Crippen MR) is 86.0 cm³/mol. The van der Waals surface area contributed by atoms with Gasteiger partial charge in [0, 0.05) is 11.6 Å². The molecule has 0 N–H and O–H groups in total. The van der Waals surface area contributed by atoms with Gasteiger partial charge < -0.3 is 9.47 Å². The Kier molecular flexibility index (Phi) is 4.33. The van der Waals surface area contributed by atoms with Crippen molar-refractivity contribution >= 4 is 5.78 Å². The second-order valence-corrected chi connectivity index (χ2v) is 5.72. The lowest BCUT2D eigenvalue weighted by Crippen LogP contribution is -2.14. The van der Waals surface area contributed by atoms with Gasteiger partial charge in [-0.05, 0) is 54.7 Å². The zero-order chi connectivity index (χ0) is 16.4. The number of hydrogen-bond donors (Lipinski definition) is 0. The summed E-state index contributed by atoms with van der Waals surface area (Å²) < 4.78 is 24.6. The summed E-state index contributed by atoms with van der Waals surface area (Å²) in [5.74, 6) is 0.336. The van der Waals surface area contributed by atoms with Crippen LogP contribution in [0.25, 0.3) is 0 Å². The summed E-state index contributed by atoms with van der Waals surface area (Å²) in [5, 5.41) is 0. The van der Waals surface area contributed by atoms with Gasteiger partial charge >= 0.3 is 0 Å². The topological polar surface area (TPSA) is 35.5 Å². The van der Waals surface area contributed by atoms with E-state index in [4.69, 9.17) is 9.47 Å². The van der Waals surface area contributed by atoms with E-state index in [1.165, 1.54) is 13.2 Å². The predicted octanol–water partition coefficient (Wildman–Crippen LogP) is 4.15. The van der Waals surface area contributed by atoms with Crippen LogP contribution < -0.4 is 9.47 Å². The highest BCUT2D eigenvalue weighted by molar-refractivity contribution is 6.02. The van der Waals surface area contributed by atoms with Crippen molar-refractivity contribution in [1.29, 1.82) is 0 Å². The number of carbonyl (C=O) groups is 1. The minimum Gasteiger partial charge on any atom is -0.497 e. The van der Waals surface area contributed by atoms with E-state index >= 15 is 0 Å². The maximum absolute atomic E-state index is 14.4. The summed E-state index contributed by atoms with van der Waals surface area (Å²) in [4.78, 5) is 12.9. The van der Waals surface area contributed by atoms with Gasteiger partial charge in [0.1, 0.15) is 17.3 Å². The molecule has 0 radical (unpaired) electrons. The number of carbonyl (C=O) groups excluding carboxylic acids is 1. The van der Waals surface area contributed by atoms with Gasteiger partial charge in [0.25, 0.3) is 0 Å². The maximum atomic E-state index is 14.4.